The van der Waals surface area contributed by atoms with Crippen LogP contribution in [0.15, 0.2) is 61.1 Å². The topological polar surface area (TPSA) is 102 Å². The van der Waals surface area contributed by atoms with Gasteiger partial charge in [0.1, 0.15) is 5.82 Å². The molecule has 0 saturated heterocycles. The van der Waals surface area contributed by atoms with Crippen molar-refractivity contribution >= 4 is 29.1 Å². The molecule has 0 unspecified atom stereocenters. The van der Waals surface area contributed by atoms with Gasteiger partial charge < -0.3 is 15.2 Å². The van der Waals surface area contributed by atoms with Gasteiger partial charge in [0.25, 0.3) is 0 Å². The van der Waals surface area contributed by atoms with E-state index in [0.29, 0.717) is 28.8 Å². The Hall–Kier alpha value is -3.91. The maximum atomic E-state index is 11.8. The minimum Gasteiger partial charge on any atom is -0.481 e. The fourth-order valence-electron chi connectivity index (χ4n) is 3.38. The van der Waals surface area contributed by atoms with Gasteiger partial charge in [-0.25, -0.2) is 14.5 Å². The van der Waals surface area contributed by atoms with E-state index in [2.05, 4.69) is 15.3 Å². The van der Waals surface area contributed by atoms with Crippen LogP contribution in [0.3, 0.4) is 0 Å². The fraction of sp³-hybridized carbons (Fsp3) is 0.130. The molecular formula is C23H20ClN5O3. The van der Waals surface area contributed by atoms with Crippen LogP contribution in [0.25, 0.3) is 16.8 Å². The lowest BCUT2D eigenvalue weighted by molar-refractivity contribution is 0.0698. The molecule has 0 aliphatic carbocycles. The van der Waals surface area contributed by atoms with Gasteiger partial charge in [-0.05, 0) is 42.8 Å². The zero-order valence-electron chi connectivity index (χ0n) is 17.4. The lowest BCUT2D eigenvalue weighted by Gasteiger charge is -2.15. The second kappa shape index (κ2) is 9.07. The van der Waals surface area contributed by atoms with Gasteiger partial charge in [0.2, 0.25) is 5.88 Å². The van der Waals surface area contributed by atoms with E-state index in [1.54, 1.807) is 48.6 Å². The number of carbonyl (C=O) groups is 1. The summed E-state index contributed by atoms with van der Waals surface area (Å²) in [4.78, 5) is 20.2. The molecule has 0 aliphatic rings. The second-order valence-corrected chi connectivity index (χ2v) is 7.29. The van der Waals surface area contributed by atoms with Gasteiger partial charge in [-0.3, -0.25) is 4.98 Å². The average molecular weight is 450 g/mol. The van der Waals surface area contributed by atoms with Gasteiger partial charge in [0, 0.05) is 40.8 Å². The van der Waals surface area contributed by atoms with Gasteiger partial charge in [0.15, 0.2) is 0 Å². The lowest BCUT2D eigenvalue weighted by atomic mass is 10.1. The number of aryl methyl sites for hydroxylation is 1. The second-order valence-electron chi connectivity index (χ2n) is 6.85. The summed E-state index contributed by atoms with van der Waals surface area (Å²) in [6.07, 6.45) is 5.69. The molecule has 3 aromatic heterocycles. The maximum absolute atomic E-state index is 11.8. The number of ether oxygens (including phenoxy) is 1. The molecule has 3 heterocycles. The molecule has 162 valence electrons. The highest BCUT2D eigenvalue weighted by Gasteiger charge is 2.22. The van der Waals surface area contributed by atoms with E-state index < -0.39 is 5.97 Å². The number of aromatic carboxylic acids is 1. The summed E-state index contributed by atoms with van der Waals surface area (Å²) in [5.41, 5.74) is 3.64. The predicted octanol–water partition coefficient (Wildman–Crippen LogP) is 5.00. The molecular weight excluding hydrogens is 430 g/mol. The van der Waals surface area contributed by atoms with Crippen LogP contribution in [-0.2, 0) is 6.42 Å². The largest absolute Gasteiger partial charge is 0.481 e. The summed E-state index contributed by atoms with van der Waals surface area (Å²) in [5.74, 6) is 0.0122. The molecule has 0 amide bonds. The van der Waals surface area contributed by atoms with E-state index in [4.69, 9.17) is 21.4 Å². The first-order chi connectivity index (χ1) is 15.5. The third-order valence-corrected chi connectivity index (χ3v) is 5.13. The molecule has 1 aromatic carbocycles. The highest BCUT2D eigenvalue weighted by Crippen LogP contribution is 2.37. The van der Waals surface area contributed by atoms with Gasteiger partial charge in [0.05, 0.1) is 29.7 Å². The summed E-state index contributed by atoms with van der Waals surface area (Å²) in [6, 6.07) is 11.9. The van der Waals surface area contributed by atoms with Crippen molar-refractivity contribution < 1.29 is 14.6 Å². The Kier molecular flexibility index (Phi) is 6.04. The number of halogens is 1. The summed E-state index contributed by atoms with van der Waals surface area (Å²) in [6.45, 7) is 2.01. The SMILES string of the molecule is CCc1nn(-c2ccncc2)c(Nc2cc(Cl)ccc2C(=O)O)c1-c1ccc(OC)nc1. The van der Waals surface area contributed by atoms with Crippen molar-refractivity contribution in [3.63, 3.8) is 0 Å². The number of aromatic nitrogens is 4. The number of anilines is 2. The molecule has 0 aliphatic heterocycles. The van der Waals surface area contributed by atoms with Crippen LogP contribution in [0, 0.1) is 0 Å². The molecule has 32 heavy (non-hydrogen) atoms. The monoisotopic (exact) mass is 449 g/mol. The predicted molar refractivity (Wildman–Crippen MR) is 122 cm³/mol. The number of rotatable bonds is 7. The Labute approximate surface area is 189 Å². The number of carboxylic acids is 1. The fourth-order valence-corrected chi connectivity index (χ4v) is 3.56. The lowest BCUT2D eigenvalue weighted by Crippen LogP contribution is -2.07. The van der Waals surface area contributed by atoms with E-state index in [0.717, 1.165) is 22.5 Å². The number of nitrogens with one attached hydrogen (secondary N) is 1. The first-order valence-electron chi connectivity index (χ1n) is 9.84. The Morgan fingerprint density at radius 3 is 2.59 bits per heavy atom. The van der Waals surface area contributed by atoms with Crippen molar-refractivity contribution in [1.29, 1.82) is 0 Å². The molecule has 0 saturated carbocycles. The number of nitrogens with zero attached hydrogens (tertiary/aromatic N) is 4. The number of hydrogen-bond donors (Lipinski definition) is 2. The van der Waals surface area contributed by atoms with Crippen molar-refractivity contribution in [1.82, 2.24) is 19.7 Å². The highest BCUT2D eigenvalue weighted by atomic mass is 35.5. The van der Waals surface area contributed by atoms with Crippen LogP contribution in [0.2, 0.25) is 5.02 Å². The van der Waals surface area contributed by atoms with E-state index in [1.807, 2.05) is 25.1 Å². The summed E-state index contributed by atoms with van der Waals surface area (Å²) in [5, 5.41) is 18.2. The highest BCUT2D eigenvalue weighted by molar-refractivity contribution is 6.31. The van der Waals surface area contributed by atoms with E-state index in [9.17, 15) is 9.90 Å². The third-order valence-electron chi connectivity index (χ3n) is 4.90. The number of carboxylic acid groups (broad SMARTS) is 1. The first kappa shape index (κ1) is 21.3. The molecule has 0 spiro atoms. The number of methoxy groups -OCH3 is 1. The minimum atomic E-state index is -1.07. The normalized spacial score (nSPS) is 10.7. The van der Waals surface area contributed by atoms with Crippen molar-refractivity contribution in [2.24, 2.45) is 0 Å². The Morgan fingerprint density at radius 2 is 1.97 bits per heavy atom. The Balaban J connectivity index is 1.95. The molecule has 0 bridgehead atoms. The first-order valence-corrected chi connectivity index (χ1v) is 10.2. The number of pyridine rings is 2. The maximum Gasteiger partial charge on any atom is 0.337 e. The van der Waals surface area contributed by atoms with Gasteiger partial charge in [-0.1, -0.05) is 18.5 Å². The summed E-state index contributed by atoms with van der Waals surface area (Å²) < 4.78 is 6.91. The van der Waals surface area contributed by atoms with E-state index in [-0.39, 0.29) is 5.56 Å². The zero-order chi connectivity index (χ0) is 22.7. The van der Waals surface area contributed by atoms with Gasteiger partial charge in [-0.2, -0.15) is 5.10 Å². The smallest absolute Gasteiger partial charge is 0.337 e. The van der Waals surface area contributed by atoms with Crippen LogP contribution >= 0.6 is 11.6 Å². The zero-order valence-corrected chi connectivity index (χ0v) is 18.2. The van der Waals surface area contributed by atoms with Gasteiger partial charge >= 0.3 is 5.97 Å². The van der Waals surface area contributed by atoms with E-state index >= 15 is 0 Å². The van der Waals surface area contributed by atoms with Crippen LogP contribution in [0.4, 0.5) is 11.5 Å². The molecule has 4 aromatic rings. The molecule has 4 rings (SSSR count). The quantitative estimate of drug-likeness (QED) is 0.409. The van der Waals surface area contributed by atoms with Crippen molar-refractivity contribution in [2.45, 2.75) is 13.3 Å². The van der Waals surface area contributed by atoms with Crippen molar-refractivity contribution in [3.05, 3.63) is 77.3 Å². The van der Waals surface area contributed by atoms with Crippen LogP contribution in [-0.4, -0.2) is 37.9 Å². The molecule has 0 fully saturated rings. The molecule has 0 radical (unpaired) electrons. The van der Waals surface area contributed by atoms with Gasteiger partial charge in [-0.15, -0.1) is 0 Å². The average Bonchev–Trinajstić information content (AvgIpc) is 3.17. The van der Waals surface area contributed by atoms with Crippen molar-refractivity contribution in [2.75, 3.05) is 12.4 Å². The molecule has 8 nitrogen and oxygen atoms in total. The minimum absolute atomic E-state index is 0.0914. The Bertz CT molecular complexity index is 1260. The third kappa shape index (κ3) is 4.13. The van der Waals surface area contributed by atoms with Crippen LogP contribution < -0.4 is 10.1 Å². The van der Waals surface area contributed by atoms with Crippen LogP contribution in [0.5, 0.6) is 5.88 Å². The number of benzene rings is 1. The van der Waals surface area contributed by atoms with Crippen LogP contribution in [0.1, 0.15) is 23.0 Å². The molecule has 9 heteroatoms. The molecule has 2 N–H and O–H groups in total. The molecule has 0 atom stereocenters. The standard InChI is InChI=1S/C23H20ClN5O3/c1-3-18-21(14-4-7-20(32-2)26-13-14)22(29(28-18)16-8-10-25-11-9-16)27-19-12-15(24)5-6-17(19)23(30)31/h4-13,27H,3H2,1-2H3,(H,30,31). The van der Waals surface area contributed by atoms with Crippen molar-refractivity contribution in [3.8, 4) is 22.7 Å². The summed E-state index contributed by atoms with van der Waals surface area (Å²) in [7, 11) is 1.56. The Morgan fingerprint density at radius 1 is 1.19 bits per heavy atom. The van der Waals surface area contributed by atoms with E-state index in [1.165, 1.54) is 6.07 Å². The summed E-state index contributed by atoms with van der Waals surface area (Å²) >= 11 is 6.18. The number of hydrogen-bond acceptors (Lipinski definition) is 6.